The lowest BCUT2D eigenvalue weighted by molar-refractivity contribution is -0.122. The number of fused-ring (bicyclic) bond motifs is 1. The topological polar surface area (TPSA) is 80.1 Å². The Morgan fingerprint density at radius 1 is 1.00 bits per heavy atom. The van der Waals surface area contributed by atoms with Crippen molar-refractivity contribution in [1.29, 1.82) is 0 Å². The van der Waals surface area contributed by atoms with E-state index in [0.717, 1.165) is 68.1 Å². The number of carbonyl (C=O) groups is 2. The number of aromatic nitrogens is 2. The van der Waals surface area contributed by atoms with Crippen LogP contribution in [0.4, 0.5) is 5.69 Å². The fourth-order valence-electron chi connectivity index (χ4n) is 5.74. The summed E-state index contributed by atoms with van der Waals surface area (Å²) in [6.45, 7) is 6.74. The number of aryl methyl sites for hydroxylation is 1. The van der Waals surface area contributed by atoms with Crippen LogP contribution in [-0.2, 0) is 20.8 Å². The van der Waals surface area contributed by atoms with Gasteiger partial charge >= 0.3 is 0 Å². The second kappa shape index (κ2) is 13.2. The predicted octanol–water partition coefficient (Wildman–Crippen LogP) is 3.69. The van der Waals surface area contributed by atoms with Crippen molar-refractivity contribution in [3.63, 3.8) is 0 Å². The van der Waals surface area contributed by atoms with Crippen molar-refractivity contribution >= 4 is 17.5 Å². The van der Waals surface area contributed by atoms with Crippen LogP contribution < -0.4 is 4.90 Å². The van der Waals surface area contributed by atoms with E-state index in [-0.39, 0.29) is 18.4 Å². The maximum Gasteiger partial charge on any atom is 0.254 e. The molecule has 2 aliphatic rings. The highest BCUT2D eigenvalue weighted by atomic mass is 16.5. The molecule has 0 unspecified atom stereocenters. The second-order valence-corrected chi connectivity index (χ2v) is 10.5. The number of rotatable bonds is 5. The van der Waals surface area contributed by atoms with Crippen LogP contribution in [0, 0.1) is 6.92 Å². The van der Waals surface area contributed by atoms with Crippen LogP contribution in [0.25, 0.3) is 5.69 Å². The smallest absolute Gasteiger partial charge is 0.254 e. The van der Waals surface area contributed by atoms with Gasteiger partial charge in [-0.3, -0.25) is 14.5 Å². The molecule has 1 saturated heterocycles. The molecule has 2 amide bonds. The fraction of sp³-hybridized carbons (Fsp3) is 0.452. The molecular formula is C31H39N5O4. The van der Waals surface area contributed by atoms with Gasteiger partial charge in [0.1, 0.15) is 6.61 Å². The van der Waals surface area contributed by atoms with Gasteiger partial charge in [-0.1, -0.05) is 24.3 Å². The second-order valence-electron chi connectivity index (χ2n) is 10.5. The van der Waals surface area contributed by atoms with Gasteiger partial charge in [-0.05, 0) is 61.6 Å². The van der Waals surface area contributed by atoms with Crippen LogP contribution in [0.15, 0.2) is 60.9 Å². The molecule has 3 heterocycles. The summed E-state index contributed by atoms with van der Waals surface area (Å²) in [5, 5.41) is 4.38. The van der Waals surface area contributed by atoms with Crippen LogP contribution in [0.5, 0.6) is 0 Å². The molecular weight excluding hydrogens is 506 g/mol. The third kappa shape index (κ3) is 6.43. The molecule has 2 aliphatic heterocycles. The number of benzene rings is 2. The van der Waals surface area contributed by atoms with E-state index in [1.165, 1.54) is 0 Å². The molecule has 0 saturated carbocycles. The maximum absolute atomic E-state index is 14.1. The Hall–Kier alpha value is -3.53. The van der Waals surface area contributed by atoms with Gasteiger partial charge < -0.3 is 19.3 Å². The number of hydrogen-bond acceptors (Lipinski definition) is 6. The minimum atomic E-state index is -0.0768. The van der Waals surface area contributed by atoms with Crippen molar-refractivity contribution in [2.45, 2.75) is 38.8 Å². The largest absolute Gasteiger partial charge is 0.381 e. The molecule has 1 fully saturated rings. The highest BCUT2D eigenvalue weighted by Gasteiger charge is 2.27. The van der Waals surface area contributed by atoms with Gasteiger partial charge in [0.2, 0.25) is 0 Å². The molecule has 40 heavy (non-hydrogen) atoms. The van der Waals surface area contributed by atoms with E-state index in [1.807, 2.05) is 71.5 Å². The molecule has 0 aliphatic carbocycles. The first-order chi connectivity index (χ1) is 19.5. The van der Waals surface area contributed by atoms with Crippen LogP contribution in [0.2, 0.25) is 0 Å². The Bertz CT molecular complexity index is 1290. The number of amides is 2. The molecule has 0 atom stereocenters. The monoisotopic (exact) mass is 545 g/mol. The summed E-state index contributed by atoms with van der Waals surface area (Å²) in [5.74, 6) is -0.115. The molecule has 0 spiro atoms. The quantitative estimate of drug-likeness (QED) is 0.487. The van der Waals surface area contributed by atoms with Crippen molar-refractivity contribution in [2.75, 3.05) is 58.0 Å². The van der Waals surface area contributed by atoms with Crippen LogP contribution in [-0.4, -0.2) is 90.5 Å². The number of para-hydroxylation sites is 1. The number of hydrogen-bond donors (Lipinski definition) is 0. The summed E-state index contributed by atoms with van der Waals surface area (Å²) in [5.41, 5.74) is 4.32. The number of ether oxygens (including phenoxy) is 2. The summed E-state index contributed by atoms with van der Waals surface area (Å²) in [6, 6.07) is 16.0. The Morgan fingerprint density at radius 2 is 1.82 bits per heavy atom. The standard InChI is InChI=1S/C31H39N5O4/c1-24-9-10-25(21-29(24)36-16-5-13-32-36)31(38)34-18-17-33(27-11-19-40-20-12-27)14-6-15-35(30(37)23-39-2)28-8-4-3-7-26(28)22-34/h3-5,7-10,13,16,21,27H,6,11-12,14-15,17-20,22-23H2,1-2H3. The van der Waals surface area contributed by atoms with Crippen LogP contribution >= 0.6 is 0 Å². The molecule has 212 valence electrons. The lowest BCUT2D eigenvalue weighted by Crippen LogP contribution is -2.45. The zero-order valence-corrected chi connectivity index (χ0v) is 23.5. The highest BCUT2D eigenvalue weighted by Crippen LogP contribution is 2.26. The van der Waals surface area contributed by atoms with Crippen molar-refractivity contribution in [3.05, 3.63) is 77.6 Å². The zero-order valence-electron chi connectivity index (χ0n) is 23.5. The van der Waals surface area contributed by atoms with Crippen LogP contribution in [0.1, 0.15) is 40.7 Å². The van der Waals surface area contributed by atoms with E-state index >= 15 is 0 Å². The Morgan fingerprint density at radius 3 is 2.60 bits per heavy atom. The SMILES string of the molecule is COCC(=O)N1CCCN(C2CCOCC2)CCN(C(=O)c2ccc(C)c(-n3cccn3)c2)Cc2ccccc21. The van der Waals surface area contributed by atoms with E-state index in [9.17, 15) is 9.59 Å². The van der Waals surface area contributed by atoms with E-state index in [1.54, 1.807) is 18.0 Å². The average molecular weight is 546 g/mol. The van der Waals surface area contributed by atoms with Gasteiger partial charge in [-0.2, -0.15) is 5.10 Å². The molecule has 9 nitrogen and oxygen atoms in total. The number of nitrogens with zero attached hydrogens (tertiary/aromatic N) is 5. The summed E-state index contributed by atoms with van der Waals surface area (Å²) in [4.78, 5) is 33.6. The van der Waals surface area contributed by atoms with E-state index in [4.69, 9.17) is 9.47 Å². The van der Waals surface area contributed by atoms with Crippen LogP contribution in [0.3, 0.4) is 0 Å². The summed E-state index contributed by atoms with van der Waals surface area (Å²) in [7, 11) is 1.54. The molecule has 3 aromatic rings. The first kappa shape index (κ1) is 28.0. The first-order valence-corrected chi connectivity index (χ1v) is 14.1. The average Bonchev–Trinajstić information content (AvgIpc) is 3.51. The Kier molecular flexibility index (Phi) is 9.26. The number of anilines is 1. The maximum atomic E-state index is 14.1. The number of carbonyl (C=O) groups excluding carboxylic acids is 2. The molecule has 5 rings (SSSR count). The van der Waals surface area contributed by atoms with Gasteiger partial charge in [0.25, 0.3) is 11.8 Å². The third-order valence-electron chi connectivity index (χ3n) is 7.90. The van der Waals surface area contributed by atoms with E-state index < -0.39 is 0 Å². The summed E-state index contributed by atoms with van der Waals surface area (Å²) < 4.78 is 12.6. The van der Waals surface area contributed by atoms with Gasteiger partial charge in [0, 0.05) is 82.7 Å². The predicted molar refractivity (Wildman–Crippen MR) is 154 cm³/mol. The highest BCUT2D eigenvalue weighted by molar-refractivity contribution is 5.96. The third-order valence-corrected chi connectivity index (χ3v) is 7.90. The van der Waals surface area contributed by atoms with Gasteiger partial charge in [0.15, 0.2) is 0 Å². The van der Waals surface area contributed by atoms with Gasteiger partial charge in [-0.15, -0.1) is 0 Å². The molecule has 2 aromatic carbocycles. The Labute approximate surface area is 236 Å². The lowest BCUT2D eigenvalue weighted by Gasteiger charge is -2.36. The summed E-state index contributed by atoms with van der Waals surface area (Å²) >= 11 is 0. The minimum Gasteiger partial charge on any atom is -0.381 e. The molecule has 9 heteroatoms. The van der Waals surface area contributed by atoms with Gasteiger partial charge in [-0.25, -0.2) is 4.68 Å². The number of methoxy groups -OCH3 is 1. The van der Waals surface area contributed by atoms with Crippen molar-refractivity contribution in [2.24, 2.45) is 0 Å². The van der Waals surface area contributed by atoms with Crippen molar-refractivity contribution in [3.8, 4) is 5.69 Å². The minimum absolute atomic E-state index is 0.0141. The fourth-order valence-corrected chi connectivity index (χ4v) is 5.74. The molecule has 1 aromatic heterocycles. The molecule has 0 bridgehead atoms. The zero-order chi connectivity index (χ0) is 27.9. The first-order valence-electron chi connectivity index (χ1n) is 14.1. The van der Waals surface area contributed by atoms with Gasteiger partial charge in [0.05, 0.1) is 5.69 Å². The van der Waals surface area contributed by atoms with Crippen molar-refractivity contribution < 1.29 is 19.1 Å². The van der Waals surface area contributed by atoms with E-state index in [2.05, 4.69) is 10.00 Å². The van der Waals surface area contributed by atoms with E-state index in [0.29, 0.717) is 31.2 Å². The molecule has 0 radical (unpaired) electrons. The van der Waals surface area contributed by atoms with Crippen molar-refractivity contribution in [1.82, 2.24) is 19.6 Å². The molecule has 0 N–H and O–H groups in total. The summed E-state index contributed by atoms with van der Waals surface area (Å²) in [6.07, 6.45) is 6.41. The lowest BCUT2D eigenvalue weighted by atomic mass is 10.1. The normalized spacial score (nSPS) is 17.8. The Balaban J connectivity index is 1.49.